The predicted molar refractivity (Wildman–Crippen MR) is 111 cm³/mol. The summed E-state index contributed by atoms with van der Waals surface area (Å²) in [6.07, 6.45) is 0. The second-order valence-corrected chi connectivity index (χ2v) is 7.58. The zero-order chi connectivity index (χ0) is 19.6. The van der Waals surface area contributed by atoms with Crippen LogP contribution in [-0.4, -0.2) is 24.2 Å². The van der Waals surface area contributed by atoms with Crippen LogP contribution in [0.4, 0.5) is 5.69 Å². The summed E-state index contributed by atoms with van der Waals surface area (Å²) in [5.74, 6) is 0.664. The highest BCUT2D eigenvalue weighted by Gasteiger charge is 2.41. The third-order valence-corrected chi connectivity index (χ3v) is 5.34. The van der Waals surface area contributed by atoms with Crippen molar-refractivity contribution in [2.45, 2.75) is 27.7 Å². The molecule has 0 aromatic heterocycles. The van der Waals surface area contributed by atoms with Gasteiger partial charge in [-0.05, 0) is 49.8 Å². The van der Waals surface area contributed by atoms with Gasteiger partial charge in [0.05, 0.1) is 22.8 Å². The Morgan fingerprint density at radius 3 is 2.41 bits per heavy atom. The van der Waals surface area contributed by atoms with Crippen molar-refractivity contribution in [2.24, 2.45) is 0 Å². The molecular formula is C22H23NO3S. The quantitative estimate of drug-likeness (QED) is 0.678. The molecule has 0 radical (unpaired) electrons. The number of amides is 2. The van der Waals surface area contributed by atoms with Crippen LogP contribution in [0, 0.1) is 13.8 Å². The number of carbonyl (C=O) groups is 2. The number of carbonyl (C=O) groups excluding carboxylic acids is 2. The van der Waals surface area contributed by atoms with Gasteiger partial charge in [0.15, 0.2) is 0 Å². The van der Waals surface area contributed by atoms with Crippen molar-refractivity contribution in [1.82, 2.24) is 0 Å². The highest BCUT2D eigenvalue weighted by Crippen LogP contribution is 2.41. The third kappa shape index (κ3) is 3.52. The minimum Gasteiger partial charge on any atom is -0.492 e. The van der Waals surface area contributed by atoms with E-state index in [2.05, 4.69) is 0 Å². The summed E-state index contributed by atoms with van der Waals surface area (Å²) in [7, 11) is 0. The Labute approximate surface area is 164 Å². The number of para-hydroxylation sites is 2. The molecule has 0 N–H and O–H groups in total. The van der Waals surface area contributed by atoms with E-state index in [-0.39, 0.29) is 11.8 Å². The molecule has 140 valence electrons. The molecule has 4 nitrogen and oxygen atoms in total. The van der Waals surface area contributed by atoms with Gasteiger partial charge >= 0.3 is 0 Å². The second kappa shape index (κ2) is 8.01. The normalized spacial score (nSPS) is 14.3. The molecule has 2 aromatic carbocycles. The third-order valence-electron chi connectivity index (χ3n) is 4.39. The minimum absolute atomic E-state index is 0.283. The van der Waals surface area contributed by atoms with Crippen LogP contribution in [-0.2, 0) is 9.59 Å². The van der Waals surface area contributed by atoms with E-state index in [9.17, 15) is 9.59 Å². The van der Waals surface area contributed by atoms with Crippen LogP contribution in [0.3, 0.4) is 0 Å². The van der Waals surface area contributed by atoms with Crippen LogP contribution in [0.15, 0.2) is 47.4 Å². The summed E-state index contributed by atoms with van der Waals surface area (Å²) in [6.45, 7) is 8.30. The van der Waals surface area contributed by atoms with E-state index in [1.54, 1.807) is 18.2 Å². The van der Waals surface area contributed by atoms with E-state index in [0.29, 0.717) is 34.3 Å². The lowest BCUT2D eigenvalue weighted by Gasteiger charge is -2.19. The standard InChI is InChI=1S/C22H23NO3S/c1-5-26-18-10-8-7-9-17(18)23-21(24)19(20(22(23)25)27-6-2)16-12-11-14(3)13-15(16)4/h7-13H,5-6H2,1-4H3. The van der Waals surface area contributed by atoms with Gasteiger partial charge in [0.2, 0.25) is 0 Å². The Bertz CT molecular complexity index is 933. The van der Waals surface area contributed by atoms with Crippen molar-refractivity contribution in [3.8, 4) is 5.75 Å². The smallest absolute Gasteiger partial charge is 0.272 e. The topological polar surface area (TPSA) is 46.6 Å². The number of ether oxygens (including phenoxy) is 1. The lowest BCUT2D eigenvalue weighted by molar-refractivity contribution is -0.119. The zero-order valence-corrected chi connectivity index (χ0v) is 16.9. The Morgan fingerprint density at radius 1 is 1.00 bits per heavy atom. The van der Waals surface area contributed by atoms with Gasteiger partial charge in [-0.1, -0.05) is 42.8 Å². The van der Waals surface area contributed by atoms with Crippen LogP contribution in [0.25, 0.3) is 5.57 Å². The van der Waals surface area contributed by atoms with Crippen LogP contribution in [0.1, 0.15) is 30.5 Å². The molecule has 2 aromatic rings. The Hall–Kier alpha value is -2.53. The summed E-state index contributed by atoms with van der Waals surface area (Å²) in [5.41, 5.74) is 3.89. The first-order chi connectivity index (χ1) is 13.0. The summed E-state index contributed by atoms with van der Waals surface area (Å²) in [6, 6.07) is 13.1. The van der Waals surface area contributed by atoms with E-state index in [0.717, 1.165) is 16.7 Å². The number of hydrogen-bond donors (Lipinski definition) is 0. The Morgan fingerprint density at radius 2 is 1.74 bits per heavy atom. The van der Waals surface area contributed by atoms with Gasteiger partial charge in [0.25, 0.3) is 11.8 Å². The predicted octanol–water partition coefficient (Wildman–Crippen LogP) is 4.74. The number of imide groups is 1. The number of aryl methyl sites for hydroxylation is 2. The van der Waals surface area contributed by atoms with E-state index < -0.39 is 0 Å². The number of rotatable bonds is 6. The number of nitrogens with zero attached hydrogens (tertiary/aromatic N) is 1. The van der Waals surface area contributed by atoms with Crippen molar-refractivity contribution in [3.05, 3.63) is 64.1 Å². The van der Waals surface area contributed by atoms with E-state index in [4.69, 9.17) is 4.74 Å². The summed E-state index contributed by atoms with van der Waals surface area (Å²) in [4.78, 5) is 28.3. The van der Waals surface area contributed by atoms with Crippen molar-refractivity contribution >= 4 is 34.8 Å². The first kappa shape index (κ1) is 19.2. The first-order valence-electron chi connectivity index (χ1n) is 9.04. The molecule has 5 heteroatoms. The summed E-state index contributed by atoms with van der Waals surface area (Å²) >= 11 is 1.41. The molecule has 0 spiro atoms. The first-order valence-corrected chi connectivity index (χ1v) is 10.0. The molecule has 2 amide bonds. The average Bonchev–Trinajstić information content (AvgIpc) is 2.87. The molecular weight excluding hydrogens is 358 g/mol. The molecule has 1 heterocycles. The maximum Gasteiger partial charge on any atom is 0.272 e. The molecule has 0 unspecified atom stereocenters. The Kier molecular flexibility index (Phi) is 5.71. The Balaban J connectivity index is 2.14. The average molecular weight is 381 g/mol. The number of benzene rings is 2. The highest BCUT2D eigenvalue weighted by molar-refractivity contribution is 8.04. The number of hydrogen-bond acceptors (Lipinski definition) is 4. The van der Waals surface area contributed by atoms with Crippen molar-refractivity contribution in [1.29, 1.82) is 0 Å². The second-order valence-electron chi connectivity index (χ2n) is 6.30. The minimum atomic E-state index is -0.296. The number of thioether (sulfide) groups is 1. The molecule has 0 saturated carbocycles. The lowest BCUT2D eigenvalue weighted by Crippen LogP contribution is -2.31. The molecule has 0 aliphatic carbocycles. The van der Waals surface area contributed by atoms with Gasteiger partial charge in [-0.3, -0.25) is 9.59 Å². The van der Waals surface area contributed by atoms with Crippen LogP contribution in [0.5, 0.6) is 5.75 Å². The van der Waals surface area contributed by atoms with Crippen LogP contribution < -0.4 is 9.64 Å². The molecule has 27 heavy (non-hydrogen) atoms. The maximum absolute atomic E-state index is 13.4. The molecule has 1 aliphatic heterocycles. The molecule has 0 fully saturated rings. The molecule has 3 rings (SSSR count). The van der Waals surface area contributed by atoms with Gasteiger partial charge in [-0.25, -0.2) is 4.90 Å². The largest absolute Gasteiger partial charge is 0.492 e. The molecule has 1 aliphatic rings. The fourth-order valence-electron chi connectivity index (χ4n) is 3.26. The van der Waals surface area contributed by atoms with E-state index >= 15 is 0 Å². The maximum atomic E-state index is 13.4. The van der Waals surface area contributed by atoms with Gasteiger partial charge in [0.1, 0.15) is 5.75 Å². The molecule has 0 bridgehead atoms. The highest BCUT2D eigenvalue weighted by atomic mass is 32.2. The van der Waals surface area contributed by atoms with Crippen LogP contribution >= 0.6 is 11.8 Å². The SMILES string of the molecule is CCOc1ccccc1N1C(=O)C(SCC)=C(c2ccc(C)cc2C)C1=O. The van der Waals surface area contributed by atoms with Crippen molar-refractivity contribution in [3.63, 3.8) is 0 Å². The van der Waals surface area contributed by atoms with E-state index in [1.807, 2.05) is 52.0 Å². The monoisotopic (exact) mass is 381 g/mol. The van der Waals surface area contributed by atoms with Gasteiger partial charge < -0.3 is 4.74 Å². The van der Waals surface area contributed by atoms with E-state index in [1.165, 1.54) is 16.7 Å². The lowest BCUT2D eigenvalue weighted by atomic mass is 9.99. The van der Waals surface area contributed by atoms with Gasteiger partial charge in [-0.2, -0.15) is 0 Å². The fraction of sp³-hybridized carbons (Fsp3) is 0.273. The summed E-state index contributed by atoms with van der Waals surface area (Å²) in [5, 5.41) is 0. The molecule has 0 saturated heterocycles. The molecule has 0 atom stereocenters. The fourth-order valence-corrected chi connectivity index (χ4v) is 4.10. The van der Waals surface area contributed by atoms with Gasteiger partial charge in [-0.15, -0.1) is 11.8 Å². The number of anilines is 1. The zero-order valence-electron chi connectivity index (χ0n) is 16.0. The van der Waals surface area contributed by atoms with Crippen LogP contribution in [0.2, 0.25) is 0 Å². The van der Waals surface area contributed by atoms with Crippen molar-refractivity contribution < 1.29 is 14.3 Å². The summed E-state index contributed by atoms with van der Waals surface area (Å²) < 4.78 is 5.65. The van der Waals surface area contributed by atoms with Gasteiger partial charge in [0, 0.05) is 0 Å². The van der Waals surface area contributed by atoms with Crippen molar-refractivity contribution in [2.75, 3.05) is 17.3 Å².